The van der Waals surface area contributed by atoms with Crippen LogP contribution in [0.2, 0.25) is 0 Å². The van der Waals surface area contributed by atoms with Crippen molar-refractivity contribution in [1.29, 1.82) is 0 Å². The molecule has 1 heterocycles. The molecular weight excluding hydrogens is 244 g/mol. The largest absolute Gasteiger partial charge is 0.458 e. The second-order valence-corrected chi connectivity index (χ2v) is 6.18. The minimum atomic E-state index is -0.922. The number of carbonyl (C=O) groups is 2. The number of ketones is 1. The number of carbonyl (C=O) groups excluding carboxylic acids is 2. The molecule has 2 aliphatic carbocycles. The minimum absolute atomic E-state index is 0.00731. The summed E-state index contributed by atoms with van der Waals surface area (Å²) in [5.41, 5.74) is -0.568. The Labute approximate surface area is 112 Å². The summed E-state index contributed by atoms with van der Waals surface area (Å²) >= 11 is 0. The lowest BCUT2D eigenvalue weighted by atomic mass is 9.67. The minimum Gasteiger partial charge on any atom is -0.458 e. The van der Waals surface area contributed by atoms with Gasteiger partial charge in [0.25, 0.3) is 0 Å². The van der Waals surface area contributed by atoms with Crippen LogP contribution in [0.3, 0.4) is 0 Å². The summed E-state index contributed by atoms with van der Waals surface area (Å²) in [5.74, 6) is -0.802. The van der Waals surface area contributed by atoms with Crippen LogP contribution < -0.4 is 0 Å². The SMILES string of the molecule is C=C1C(=O)O[C@@H]2C[C@@H](C)[C@H]3C=CC(=O)C3(C)[C@@H](O)[C@H]12. The molecule has 4 heteroatoms. The molecule has 0 aromatic carbocycles. The van der Waals surface area contributed by atoms with E-state index in [1.54, 1.807) is 13.0 Å². The molecule has 6 atom stereocenters. The summed E-state index contributed by atoms with van der Waals surface area (Å²) in [7, 11) is 0. The van der Waals surface area contributed by atoms with E-state index in [9.17, 15) is 14.7 Å². The summed E-state index contributed by atoms with van der Waals surface area (Å²) in [6.45, 7) is 7.57. The number of fused-ring (bicyclic) bond motifs is 2. The summed E-state index contributed by atoms with van der Waals surface area (Å²) < 4.78 is 5.31. The fourth-order valence-corrected chi connectivity index (χ4v) is 3.98. The number of rotatable bonds is 0. The van der Waals surface area contributed by atoms with Gasteiger partial charge in [0.1, 0.15) is 6.10 Å². The molecule has 0 bridgehead atoms. The standard InChI is InChI=1S/C15H18O4/c1-7-6-10-12(8(2)14(18)19-10)13(17)15(3)9(7)4-5-11(15)16/h4-5,7,9-10,12-13,17H,2,6H2,1,3H3/t7-,9-,10-,12-,13+,15?/m1/s1. The van der Waals surface area contributed by atoms with E-state index in [0.717, 1.165) is 0 Å². The van der Waals surface area contributed by atoms with Gasteiger partial charge in [-0.25, -0.2) is 4.79 Å². The number of ether oxygens (including phenoxy) is 1. The Hall–Kier alpha value is -1.42. The van der Waals surface area contributed by atoms with Gasteiger partial charge in [0.15, 0.2) is 5.78 Å². The summed E-state index contributed by atoms with van der Waals surface area (Å²) in [4.78, 5) is 23.9. The Kier molecular flexibility index (Phi) is 2.52. The molecule has 3 aliphatic rings. The first-order chi connectivity index (χ1) is 8.87. The quantitative estimate of drug-likeness (QED) is 0.527. The molecule has 3 rings (SSSR count). The van der Waals surface area contributed by atoms with Crippen molar-refractivity contribution in [1.82, 2.24) is 0 Å². The molecule has 0 spiro atoms. The highest BCUT2D eigenvalue weighted by Crippen LogP contribution is 2.52. The third-order valence-corrected chi connectivity index (χ3v) is 5.17. The topological polar surface area (TPSA) is 63.6 Å². The van der Waals surface area contributed by atoms with E-state index in [1.807, 2.05) is 13.0 Å². The normalized spacial score (nSPS) is 48.8. The Morgan fingerprint density at radius 3 is 2.84 bits per heavy atom. The Bertz CT molecular complexity index is 506. The van der Waals surface area contributed by atoms with Crippen molar-refractivity contribution in [3.63, 3.8) is 0 Å². The van der Waals surface area contributed by atoms with Gasteiger partial charge in [-0.1, -0.05) is 19.6 Å². The average Bonchev–Trinajstić information content (AvgIpc) is 2.77. The number of aliphatic hydroxyl groups is 1. The van der Waals surface area contributed by atoms with E-state index in [4.69, 9.17) is 4.74 Å². The molecule has 2 fully saturated rings. The van der Waals surface area contributed by atoms with Gasteiger partial charge in [-0.05, 0) is 31.3 Å². The molecule has 1 aliphatic heterocycles. The molecule has 1 saturated heterocycles. The highest BCUT2D eigenvalue weighted by atomic mass is 16.6. The summed E-state index contributed by atoms with van der Waals surface area (Å²) in [6.07, 6.45) is 2.83. The van der Waals surface area contributed by atoms with Gasteiger partial charge in [0.05, 0.1) is 17.4 Å². The molecule has 102 valence electrons. The van der Waals surface area contributed by atoms with Crippen molar-refractivity contribution < 1.29 is 19.4 Å². The zero-order valence-corrected chi connectivity index (χ0v) is 11.1. The maximum absolute atomic E-state index is 12.2. The molecule has 1 saturated carbocycles. The van der Waals surface area contributed by atoms with Crippen LogP contribution in [0.1, 0.15) is 20.3 Å². The molecule has 0 aromatic heterocycles. The molecule has 0 amide bonds. The molecule has 1 N–H and O–H groups in total. The number of hydrogen-bond acceptors (Lipinski definition) is 4. The second kappa shape index (κ2) is 3.79. The van der Waals surface area contributed by atoms with Crippen LogP contribution >= 0.6 is 0 Å². The molecule has 4 nitrogen and oxygen atoms in total. The first kappa shape index (κ1) is 12.6. The van der Waals surface area contributed by atoms with E-state index in [2.05, 4.69) is 6.58 Å². The predicted molar refractivity (Wildman–Crippen MR) is 68.0 cm³/mol. The van der Waals surface area contributed by atoms with Crippen LogP contribution in [-0.4, -0.2) is 29.1 Å². The first-order valence-corrected chi connectivity index (χ1v) is 6.68. The Morgan fingerprint density at radius 2 is 2.16 bits per heavy atom. The van der Waals surface area contributed by atoms with E-state index in [-0.39, 0.29) is 23.7 Å². The number of hydrogen-bond donors (Lipinski definition) is 1. The lowest BCUT2D eigenvalue weighted by Crippen LogP contribution is -2.46. The van der Waals surface area contributed by atoms with Gasteiger partial charge >= 0.3 is 5.97 Å². The first-order valence-electron chi connectivity index (χ1n) is 6.68. The van der Waals surface area contributed by atoms with Gasteiger partial charge < -0.3 is 9.84 Å². The van der Waals surface area contributed by atoms with E-state index >= 15 is 0 Å². The smallest absolute Gasteiger partial charge is 0.334 e. The second-order valence-electron chi connectivity index (χ2n) is 6.18. The lowest BCUT2D eigenvalue weighted by Gasteiger charge is -2.37. The predicted octanol–water partition coefficient (Wildman–Crippen LogP) is 1.25. The molecule has 0 aromatic rings. The third kappa shape index (κ3) is 1.43. The fraction of sp³-hybridized carbons (Fsp3) is 0.600. The molecule has 1 unspecified atom stereocenters. The zero-order valence-electron chi connectivity index (χ0n) is 11.1. The maximum atomic E-state index is 12.2. The Balaban J connectivity index is 2.08. The van der Waals surface area contributed by atoms with E-state index < -0.39 is 23.4 Å². The van der Waals surface area contributed by atoms with Crippen molar-refractivity contribution in [3.8, 4) is 0 Å². The van der Waals surface area contributed by atoms with E-state index in [1.165, 1.54) is 0 Å². The van der Waals surface area contributed by atoms with Crippen molar-refractivity contribution in [3.05, 3.63) is 24.3 Å². The molecule has 19 heavy (non-hydrogen) atoms. The van der Waals surface area contributed by atoms with Crippen LogP contribution in [-0.2, 0) is 14.3 Å². The third-order valence-electron chi connectivity index (χ3n) is 5.17. The maximum Gasteiger partial charge on any atom is 0.334 e. The van der Waals surface area contributed by atoms with Crippen LogP contribution in [0, 0.1) is 23.2 Å². The van der Waals surface area contributed by atoms with Crippen LogP contribution in [0.4, 0.5) is 0 Å². The highest BCUT2D eigenvalue weighted by molar-refractivity contribution is 5.99. The van der Waals surface area contributed by atoms with Gasteiger partial charge in [-0.3, -0.25) is 4.79 Å². The zero-order chi connectivity index (χ0) is 13.9. The van der Waals surface area contributed by atoms with Crippen LogP contribution in [0.15, 0.2) is 24.3 Å². The van der Waals surface area contributed by atoms with Crippen molar-refractivity contribution in [2.45, 2.75) is 32.5 Å². The number of esters is 1. The monoisotopic (exact) mass is 262 g/mol. The summed E-state index contributed by atoms with van der Waals surface area (Å²) in [6, 6.07) is 0. The van der Waals surface area contributed by atoms with Crippen LogP contribution in [0.25, 0.3) is 0 Å². The van der Waals surface area contributed by atoms with Crippen molar-refractivity contribution in [2.75, 3.05) is 0 Å². The van der Waals surface area contributed by atoms with Gasteiger partial charge in [-0.2, -0.15) is 0 Å². The van der Waals surface area contributed by atoms with Crippen molar-refractivity contribution >= 4 is 11.8 Å². The highest BCUT2D eigenvalue weighted by Gasteiger charge is 2.59. The molecular formula is C15H18O4. The fourth-order valence-electron chi connectivity index (χ4n) is 3.98. The van der Waals surface area contributed by atoms with Crippen molar-refractivity contribution in [2.24, 2.45) is 23.2 Å². The molecule has 0 radical (unpaired) electrons. The lowest BCUT2D eigenvalue weighted by molar-refractivity contribution is -0.140. The summed E-state index contributed by atoms with van der Waals surface area (Å²) in [5, 5.41) is 10.7. The van der Waals surface area contributed by atoms with Gasteiger partial charge in [0, 0.05) is 5.57 Å². The van der Waals surface area contributed by atoms with Gasteiger partial charge in [-0.15, -0.1) is 0 Å². The Morgan fingerprint density at radius 1 is 1.47 bits per heavy atom. The number of aliphatic hydroxyl groups excluding tert-OH is 1. The average molecular weight is 262 g/mol. The van der Waals surface area contributed by atoms with E-state index in [0.29, 0.717) is 12.0 Å². The van der Waals surface area contributed by atoms with Gasteiger partial charge in [0.2, 0.25) is 0 Å². The van der Waals surface area contributed by atoms with Crippen LogP contribution in [0.5, 0.6) is 0 Å². The number of allylic oxidation sites excluding steroid dienone is 2.